The Morgan fingerprint density at radius 1 is 0.935 bits per heavy atom. The van der Waals surface area contributed by atoms with Crippen molar-refractivity contribution in [3.05, 3.63) is 95.6 Å². The molecule has 0 aromatic heterocycles. The van der Waals surface area contributed by atoms with Crippen molar-refractivity contribution in [3.63, 3.8) is 0 Å². The summed E-state index contributed by atoms with van der Waals surface area (Å²) in [4.78, 5) is 16.2. The van der Waals surface area contributed by atoms with E-state index in [4.69, 9.17) is 0 Å². The van der Waals surface area contributed by atoms with Crippen molar-refractivity contribution in [1.29, 1.82) is 0 Å². The van der Waals surface area contributed by atoms with E-state index >= 15 is 0 Å². The number of thioether (sulfide) groups is 1. The van der Waals surface area contributed by atoms with Crippen molar-refractivity contribution in [1.82, 2.24) is 4.90 Å². The molecule has 1 amide bonds. The van der Waals surface area contributed by atoms with E-state index in [0.29, 0.717) is 5.56 Å². The molecule has 1 fully saturated rings. The van der Waals surface area contributed by atoms with E-state index in [9.17, 15) is 4.79 Å². The van der Waals surface area contributed by atoms with Crippen molar-refractivity contribution in [2.75, 3.05) is 24.7 Å². The maximum absolute atomic E-state index is 12.6. The predicted octanol–water partition coefficient (Wildman–Crippen LogP) is 6.12. The number of hydrogen-bond donors (Lipinski definition) is 1. The maximum Gasteiger partial charge on any atom is 0.255 e. The van der Waals surface area contributed by atoms with Crippen molar-refractivity contribution >= 4 is 23.4 Å². The molecule has 3 aromatic carbocycles. The average Bonchev–Trinajstić information content (AvgIpc) is 2.81. The minimum Gasteiger partial charge on any atom is -0.322 e. The first-order chi connectivity index (χ1) is 15.2. The van der Waals surface area contributed by atoms with Crippen molar-refractivity contribution in [3.8, 4) is 0 Å². The Labute approximate surface area is 189 Å². The number of carbonyl (C=O) groups excluding carboxylic acids is 1. The number of amides is 1. The first kappa shape index (κ1) is 21.7. The summed E-state index contributed by atoms with van der Waals surface area (Å²) >= 11 is 1.67. The topological polar surface area (TPSA) is 32.3 Å². The van der Waals surface area contributed by atoms with Gasteiger partial charge < -0.3 is 5.32 Å². The number of piperidine rings is 1. The highest BCUT2D eigenvalue weighted by Crippen LogP contribution is 2.23. The molecule has 1 saturated heterocycles. The number of nitrogens with zero attached hydrogens (tertiary/aromatic N) is 1. The largest absolute Gasteiger partial charge is 0.322 e. The van der Waals surface area contributed by atoms with Gasteiger partial charge >= 0.3 is 0 Å². The van der Waals surface area contributed by atoms with Crippen LogP contribution in [0.15, 0.2) is 83.8 Å². The van der Waals surface area contributed by atoms with E-state index in [1.807, 2.05) is 42.7 Å². The normalized spacial score (nSPS) is 15.0. The molecular formula is C27H30N2OS. The second-order valence-electron chi connectivity index (χ2n) is 8.29. The molecule has 1 aliphatic rings. The van der Waals surface area contributed by atoms with Gasteiger partial charge in [-0.1, -0.05) is 48.5 Å². The minimum absolute atomic E-state index is 0.0634. The molecule has 3 nitrogen and oxygen atoms in total. The lowest BCUT2D eigenvalue weighted by atomic mass is 9.90. The SMILES string of the molecule is CSc1cccc(NC(=O)c2ccc(CN3CCC(Cc4ccccc4)CC3)cc2)c1. The summed E-state index contributed by atoms with van der Waals surface area (Å²) in [6.45, 7) is 3.24. The average molecular weight is 431 g/mol. The lowest BCUT2D eigenvalue weighted by Crippen LogP contribution is -2.33. The Bertz CT molecular complexity index is 980. The van der Waals surface area contributed by atoms with Crippen LogP contribution >= 0.6 is 11.8 Å². The Kier molecular flexibility index (Phi) is 7.44. The van der Waals surface area contributed by atoms with Crippen LogP contribution in [0, 0.1) is 5.92 Å². The van der Waals surface area contributed by atoms with Gasteiger partial charge in [0, 0.05) is 22.7 Å². The van der Waals surface area contributed by atoms with Crippen LogP contribution in [0.1, 0.15) is 34.3 Å². The van der Waals surface area contributed by atoms with Gasteiger partial charge in [-0.25, -0.2) is 0 Å². The predicted molar refractivity (Wildman–Crippen MR) is 131 cm³/mol. The number of rotatable bonds is 7. The summed E-state index contributed by atoms with van der Waals surface area (Å²) in [5.41, 5.74) is 4.25. The standard InChI is InChI=1S/C27H30N2OS/c1-31-26-9-5-8-25(19-26)28-27(30)24-12-10-23(11-13-24)20-29-16-14-22(15-17-29)18-21-6-3-2-4-7-21/h2-13,19,22H,14-18,20H2,1H3,(H,28,30). The molecule has 0 spiro atoms. The first-order valence-corrected chi connectivity index (χ1v) is 12.2. The third kappa shape index (κ3) is 6.22. The van der Waals surface area contributed by atoms with E-state index in [1.165, 1.54) is 30.4 Å². The van der Waals surface area contributed by atoms with Crippen molar-refractivity contribution < 1.29 is 4.79 Å². The van der Waals surface area contributed by atoms with E-state index in [1.54, 1.807) is 11.8 Å². The molecule has 0 atom stereocenters. The van der Waals surface area contributed by atoms with Gasteiger partial charge in [-0.05, 0) is 86.0 Å². The second-order valence-corrected chi connectivity index (χ2v) is 9.17. The van der Waals surface area contributed by atoms with Gasteiger partial charge in [0.2, 0.25) is 0 Å². The summed E-state index contributed by atoms with van der Waals surface area (Å²) in [5.74, 6) is 0.723. The van der Waals surface area contributed by atoms with Crippen LogP contribution in [0.4, 0.5) is 5.69 Å². The van der Waals surface area contributed by atoms with Crippen LogP contribution in [0.3, 0.4) is 0 Å². The summed E-state index contributed by atoms with van der Waals surface area (Å²) < 4.78 is 0. The number of nitrogens with one attached hydrogen (secondary N) is 1. The molecule has 4 heteroatoms. The maximum atomic E-state index is 12.6. The van der Waals surface area contributed by atoms with Gasteiger partial charge in [0.25, 0.3) is 5.91 Å². The van der Waals surface area contributed by atoms with E-state index < -0.39 is 0 Å². The van der Waals surface area contributed by atoms with Crippen molar-refractivity contribution in [2.45, 2.75) is 30.7 Å². The molecule has 1 aliphatic heterocycles. The smallest absolute Gasteiger partial charge is 0.255 e. The fourth-order valence-electron chi connectivity index (χ4n) is 4.22. The molecule has 0 aliphatic carbocycles. The van der Waals surface area contributed by atoms with Crippen LogP contribution in [-0.2, 0) is 13.0 Å². The van der Waals surface area contributed by atoms with E-state index in [2.05, 4.69) is 52.7 Å². The lowest BCUT2D eigenvalue weighted by molar-refractivity contribution is 0.102. The number of likely N-dealkylation sites (tertiary alicyclic amines) is 1. The summed E-state index contributed by atoms with van der Waals surface area (Å²) in [6.07, 6.45) is 5.73. The van der Waals surface area contributed by atoms with Gasteiger partial charge in [-0.2, -0.15) is 0 Å². The van der Waals surface area contributed by atoms with E-state index in [-0.39, 0.29) is 5.91 Å². The fourth-order valence-corrected chi connectivity index (χ4v) is 4.68. The molecule has 0 radical (unpaired) electrons. The van der Waals surface area contributed by atoms with Crippen LogP contribution in [-0.4, -0.2) is 30.2 Å². The van der Waals surface area contributed by atoms with Crippen LogP contribution in [0.25, 0.3) is 0 Å². The molecule has 160 valence electrons. The van der Waals surface area contributed by atoms with Gasteiger partial charge in [0.05, 0.1) is 0 Å². The van der Waals surface area contributed by atoms with Gasteiger partial charge in [-0.3, -0.25) is 9.69 Å². The molecule has 31 heavy (non-hydrogen) atoms. The molecule has 4 rings (SSSR count). The van der Waals surface area contributed by atoms with Crippen LogP contribution in [0.5, 0.6) is 0 Å². The van der Waals surface area contributed by atoms with Crippen LogP contribution in [0.2, 0.25) is 0 Å². The third-order valence-corrected chi connectivity index (χ3v) is 6.75. The van der Waals surface area contributed by atoms with Gasteiger partial charge in [0.15, 0.2) is 0 Å². The zero-order valence-electron chi connectivity index (χ0n) is 18.1. The summed E-state index contributed by atoms with van der Waals surface area (Å²) in [6, 6.07) is 26.8. The zero-order valence-corrected chi connectivity index (χ0v) is 18.9. The molecule has 0 saturated carbocycles. The van der Waals surface area contributed by atoms with Gasteiger partial charge in [0.1, 0.15) is 0 Å². The Hall–Kier alpha value is -2.56. The van der Waals surface area contributed by atoms with Crippen molar-refractivity contribution in [2.24, 2.45) is 5.92 Å². The summed E-state index contributed by atoms with van der Waals surface area (Å²) in [7, 11) is 0. The quantitative estimate of drug-likeness (QED) is 0.459. The highest BCUT2D eigenvalue weighted by Gasteiger charge is 2.19. The highest BCUT2D eigenvalue weighted by atomic mass is 32.2. The third-order valence-electron chi connectivity index (χ3n) is 6.02. The minimum atomic E-state index is -0.0634. The Balaban J connectivity index is 1.26. The second kappa shape index (κ2) is 10.7. The summed E-state index contributed by atoms with van der Waals surface area (Å²) in [5, 5.41) is 3.00. The lowest BCUT2D eigenvalue weighted by Gasteiger charge is -2.32. The molecule has 0 bridgehead atoms. The molecule has 1 N–H and O–H groups in total. The number of anilines is 1. The van der Waals surface area contributed by atoms with Crippen LogP contribution < -0.4 is 5.32 Å². The zero-order chi connectivity index (χ0) is 21.5. The number of carbonyl (C=O) groups is 1. The molecule has 3 aromatic rings. The first-order valence-electron chi connectivity index (χ1n) is 11.0. The number of benzene rings is 3. The van der Waals surface area contributed by atoms with E-state index in [0.717, 1.165) is 36.1 Å². The molecular weight excluding hydrogens is 400 g/mol. The van der Waals surface area contributed by atoms with Gasteiger partial charge in [-0.15, -0.1) is 11.8 Å². The fraction of sp³-hybridized carbons (Fsp3) is 0.296. The molecule has 0 unspecified atom stereocenters. The molecule has 1 heterocycles. The Morgan fingerprint density at radius 3 is 2.39 bits per heavy atom. The monoisotopic (exact) mass is 430 g/mol. The Morgan fingerprint density at radius 2 is 1.68 bits per heavy atom. The number of hydrogen-bond acceptors (Lipinski definition) is 3. The highest BCUT2D eigenvalue weighted by molar-refractivity contribution is 7.98.